The number of aliphatic hydroxyl groups excluding tert-OH is 1. The molecular formula is C14H17N3O2. The van der Waals surface area contributed by atoms with Gasteiger partial charge in [0.15, 0.2) is 0 Å². The highest BCUT2D eigenvalue weighted by atomic mass is 16.3. The van der Waals surface area contributed by atoms with E-state index >= 15 is 0 Å². The normalized spacial score (nSPS) is 17.5. The number of para-hydroxylation sites is 1. The monoisotopic (exact) mass is 259 g/mol. The number of hydrogen-bond acceptors (Lipinski definition) is 3. The van der Waals surface area contributed by atoms with Crippen LogP contribution in [0.25, 0.3) is 10.9 Å². The summed E-state index contributed by atoms with van der Waals surface area (Å²) in [5.74, 6) is -0.0874. The number of aromatic amines is 1. The number of carbonyl (C=O) groups excluding carboxylic acids is 1. The first-order valence-electron chi connectivity index (χ1n) is 6.42. The van der Waals surface area contributed by atoms with Gasteiger partial charge in [-0.3, -0.25) is 4.79 Å². The van der Waals surface area contributed by atoms with Crippen molar-refractivity contribution in [3.05, 3.63) is 36.0 Å². The maximum Gasteiger partial charge on any atom is 0.240 e. The van der Waals surface area contributed by atoms with E-state index in [0.717, 1.165) is 16.5 Å². The van der Waals surface area contributed by atoms with Gasteiger partial charge < -0.3 is 20.7 Å². The fourth-order valence-electron chi connectivity index (χ4n) is 2.49. The maximum atomic E-state index is 12.0. The highest BCUT2D eigenvalue weighted by molar-refractivity contribution is 5.86. The third-order valence-electron chi connectivity index (χ3n) is 3.61. The molecule has 0 radical (unpaired) electrons. The summed E-state index contributed by atoms with van der Waals surface area (Å²) in [6.07, 6.45) is 2.03. The van der Waals surface area contributed by atoms with Gasteiger partial charge in [-0.25, -0.2) is 0 Å². The lowest BCUT2D eigenvalue weighted by Gasteiger charge is -2.37. The standard InChI is InChI=1S/C14H17N3O2/c15-12(14(19)17-7-10(18)8-17)5-9-6-16-13-4-2-1-3-11(9)13/h1-4,6,10,12,16,18H,5,7-8,15H2/t12-/m0/s1. The molecule has 1 aliphatic heterocycles. The van der Waals surface area contributed by atoms with Crippen LogP contribution in [0.4, 0.5) is 0 Å². The zero-order valence-electron chi connectivity index (χ0n) is 10.5. The van der Waals surface area contributed by atoms with Crippen molar-refractivity contribution in [1.82, 2.24) is 9.88 Å². The van der Waals surface area contributed by atoms with E-state index in [0.29, 0.717) is 19.5 Å². The summed E-state index contributed by atoms with van der Waals surface area (Å²) in [7, 11) is 0. The first kappa shape index (κ1) is 12.2. The highest BCUT2D eigenvalue weighted by Crippen LogP contribution is 2.19. The number of aromatic nitrogens is 1. The summed E-state index contributed by atoms with van der Waals surface area (Å²) in [6.45, 7) is 0.806. The molecule has 0 aliphatic carbocycles. The van der Waals surface area contributed by atoms with E-state index in [1.54, 1.807) is 4.90 Å². The molecule has 100 valence electrons. The molecule has 1 aliphatic rings. The first-order valence-corrected chi connectivity index (χ1v) is 6.42. The minimum absolute atomic E-state index is 0.0874. The summed E-state index contributed by atoms with van der Waals surface area (Å²) in [5, 5.41) is 10.3. The van der Waals surface area contributed by atoms with Gasteiger partial charge in [0.1, 0.15) is 0 Å². The molecule has 0 spiro atoms. The van der Waals surface area contributed by atoms with Gasteiger partial charge in [0, 0.05) is 30.2 Å². The average molecular weight is 259 g/mol. The Bertz CT molecular complexity index is 602. The predicted molar refractivity (Wildman–Crippen MR) is 72.6 cm³/mol. The Morgan fingerprint density at radius 2 is 2.21 bits per heavy atom. The Hall–Kier alpha value is -1.85. The molecule has 4 N–H and O–H groups in total. The van der Waals surface area contributed by atoms with Gasteiger partial charge in [-0.15, -0.1) is 0 Å². The highest BCUT2D eigenvalue weighted by Gasteiger charge is 2.31. The van der Waals surface area contributed by atoms with E-state index in [2.05, 4.69) is 4.98 Å². The quantitative estimate of drug-likeness (QED) is 0.738. The molecule has 1 atom stereocenters. The number of nitrogens with zero attached hydrogens (tertiary/aromatic N) is 1. The number of nitrogens with two attached hydrogens (primary N) is 1. The molecule has 0 unspecified atom stereocenters. The number of aliphatic hydroxyl groups is 1. The molecule has 1 fully saturated rings. The van der Waals surface area contributed by atoms with Gasteiger partial charge in [0.25, 0.3) is 0 Å². The van der Waals surface area contributed by atoms with Crippen LogP contribution in [-0.4, -0.2) is 46.1 Å². The molecule has 19 heavy (non-hydrogen) atoms. The van der Waals surface area contributed by atoms with Crippen molar-refractivity contribution in [2.24, 2.45) is 5.73 Å². The summed E-state index contributed by atoms with van der Waals surface area (Å²) >= 11 is 0. The van der Waals surface area contributed by atoms with Crippen LogP contribution >= 0.6 is 0 Å². The Balaban J connectivity index is 1.72. The van der Waals surface area contributed by atoms with Crippen LogP contribution in [0, 0.1) is 0 Å². The molecule has 2 heterocycles. The fourth-order valence-corrected chi connectivity index (χ4v) is 2.49. The van der Waals surface area contributed by atoms with Crippen LogP contribution in [0.3, 0.4) is 0 Å². The largest absolute Gasteiger partial charge is 0.389 e. The van der Waals surface area contributed by atoms with Gasteiger partial charge in [0.2, 0.25) is 5.91 Å². The molecule has 3 rings (SSSR count). The minimum atomic E-state index is -0.549. The molecule has 1 amide bonds. The Morgan fingerprint density at radius 3 is 2.95 bits per heavy atom. The Labute approximate surface area is 111 Å². The second-order valence-electron chi connectivity index (χ2n) is 5.07. The first-order chi connectivity index (χ1) is 9.15. The lowest BCUT2D eigenvalue weighted by atomic mass is 10.0. The van der Waals surface area contributed by atoms with Crippen molar-refractivity contribution in [2.45, 2.75) is 18.6 Å². The minimum Gasteiger partial charge on any atom is -0.389 e. The zero-order valence-corrected chi connectivity index (χ0v) is 10.5. The van der Waals surface area contributed by atoms with Crippen LogP contribution in [0.2, 0.25) is 0 Å². The number of benzene rings is 1. The summed E-state index contributed by atoms with van der Waals surface area (Å²) in [5.41, 5.74) is 8.07. The van der Waals surface area contributed by atoms with E-state index in [4.69, 9.17) is 5.73 Å². The number of β-amino-alcohol motifs (C(OH)–C–C–N with tert-alkyl or cyclic N) is 1. The SMILES string of the molecule is N[C@@H](Cc1c[nH]c2ccccc12)C(=O)N1CC(O)C1. The molecule has 0 saturated carbocycles. The van der Waals surface area contributed by atoms with Crippen molar-refractivity contribution in [2.75, 3.05) is 13.1 Å². The average Bonchev–Trinajstić information content (AvgIpc) is 2.78. The Kier molecular flexibility index (Phi) is 3.00. The molecule has 1 aromatic carbocycles. The molecule has 5 nitrogen and oxygen atoms in total. The third kappa shape index (κ3) is 2.22. The number of H-pyrrole nitrogens is 1. The van der Waals surface area contributed by atoms with Gasteiger partial charge in [-0.05, 0) is 18.1 Å². The molecule has 1 saturated heterocycles. The topological polar surface area (TPSA) is 82.4 Å². The number of rotatable bonds is 3. The molecule has 1 aromatic heterocycles. The Morgan fingerprint density at radius 1 is 1.47 bits per heavy atom. The molecule has 2 aromatic rings. The smallest absolute Gasteiger partial charge is 0.240 e. The summed E-state index contributed by atoms with van der Waals surface area (Å²) < 4.78 is 0. The second-order valence-corrected chi connectivity index (χ2v) is 5.07. The van der Waals surface area contributed by atoms with E-state index in [1.165, 1.54) is 0 Å². The number of nitrogens with one attached hydrogen (secondary N) is 1. The van der Waals surface area contributed by atoms with Crippen LogP contribution in [0.15, 0.2) is 30.5 Å². The van der Waals surface area contributed by atoms with E-state index in [9.17, 15) is 9.90 Å². The van der Waals surface area contributed by atoms with Crippen LogP contribution in [0.1, 0.15) is 5.56 Å². The van der Waals surface area contributed by atoms with Crippen LogP contribution in [-0.2, 0) is 11.2 Å². The zero-order chi connectivity index (χ0) is 13.4. The molecule has 5 heteroatoms. The fraction of sp³-hybridized carbons (Fsp3) is 0.357. The van der Waals surface area contributed by atoms with Crippen molar-refractivity contribution < 1.29 is 9.90 Å². The molecule has 0 bridgehead atoms. The van der Waals surface area contributed by atoms with E-state index in [1.807, 2.05) is 30.5 Å². The maximum absolute atomic E-state index is 12.0. The van der Waals surface area contributed by atoms with Gasteiger partial charge in [0.05, 0.1) is 12.1 Å². The summed E-state index contributed by atoms with van der Waals surface area (Å²) in [6, 6.07) is 7.41. The number of likely N-dealkylation sites (tertiary alicyclic amines) is 1. The van der Waals surface area contributed by atoms with Gasteiger partial charge in [-0.2, -0.15) is 0 Å². The van der Waals surface area contributed by atoms with Crippen LogP contribution < -0.4 is 5.73 Å². The van der Waals surface area contributed by atoms with E-state index < -0.39 is 6.04 Å². The van der Waals surface area contributed by atoms with Gasteiger partial charge >= 0.3 is 0 Å². The number of amides is 1. The van der Waals surface area contributed by atoms with Crippen molar-refractivity contribution in [1.29, 1.82) is 0 Å². The lowest BCUT2D eigenvalue weighted by Crippen LogP contribution is -2.58. The number of hydrogen-bond donors (Lipinski definition) is 3. The number of carbonyl (C=O) groups is 1. The van der Waals surface area contributed by atoms with Crippen LogP contribution in [0.5, 0.6) is 0 Å². The lowest BCUT2D eigenvalue weighted by molar-refractivity contribution is -0.142. The van der Waals surface area contributed by atoms with Crippen molar-refractivity contribution in [3.8, 4) is 0 Å². The van der Waals surface area contributed by atoms with Gasteiger partial charge in [-0.1, -0.05) is 18.2 Å². The van der Waals surface area contributed by atoms with Crippen molar-refractivity contribution in [3.63, 3.8) is 0 Å². The van der Waals surface area contributed by atoms with Crippen molar-refractivity contribution >= 4 is 16.8 Å². The number of fused-ring (bicyclic) bond motifs is 1. The third-order valence-corrected chi connectivity index (χ3v) is 3.61. The second kappa shape index (κ2) is 4.68. The summed E-state index contributed by atoms with van der Waals surface area (Å²) in [4.78, 5) is 16.8. The molecular weight excluding hydrogens is 242 g/mol. The van der Waals surface area contributed by atoms with E-state index in [-0.39, 0.29) is 12.0 Å². The predicted octanol–water partition coefficient (Wildman–Crippen LogP) is 0.241.